The molecule has 1 N–H and O–H groups in total. The number of benzene rings is 1. The van der Waals surface area contributed by atoms with E-state index in [1.165, 1.54) is 0 Å². The fraction of sp³-hybridized carbons (Fsp3) is 0.536. The van der Waals surface area contributed by atoms with Crippen molar-refractivity contribution >= 4 is 17.8 Å². The number of carbonyl (C=O) groups excluding carboxylic acids is 3. The Hall–Kier alpha value is -2.97. The van der Waals surface area contributed by atoms with E-state index in [1.54, 1.807) is 15.9 Å². The number of nitrogens with zero attached hydrogens (tertiary/aromatic N) is 2. The number of carbonyl (C=O) groups is 3. The summed E-state index contributed by atoms with van der Waals surface area (Å²) in [4.78, 5) is 44.7. The van der Waals surface area contributed by atoms with Gasteiger partial charge >= 0.3 is 5.97 Å². The molecular weight excluding hydrogens is 460 g/mol. The van der Waals surface area contributed by atoms with E-state index < -0.39 is 35.0 Å². The molecule has 4 heterocycles. The highest BCUT2D eigenvalue weighted by Gasteiger charge is 2.74. The van der Waals surface area contributed by atoms with Crippen LogP contribution in [-0.4, -0.2) is 76.2 Å². The quantitative estimate of drug-likeness (QED) is 0.338. The molecule has 1 aromatic carbocycles. The molecule has 5 rings (SSSR count). The number of hydrogen-bond acceptors (Lipinski definition) is 6. The van der Waals surface area contributed by atoms with E-state index >= 15 is 0 Å². The molecule has 2 amide bonds. The van der Waals surface area contributed by atoms with Gasteiger partial charge in [0.15, 0.2) is 0 Å². The molecule has 5 atom stereocenters. The van der Waals surface area contributed by atoms with E-state index in [1.807, 2.05) is 55.5 Å². The van der Waals surface area contributed by atoms with E-state index in [9.17, 15) is 14.4 Å². The van der Waals surface area contributed by atoms with E-state index in [2.05, 4.69) is 0 Å². The van der Waals surface area contributed by atoms with Crippen molar-refractivity contribution in [3.05, 3.63) is 60.2 Å². The summed E-state index contributed by atoms with van der Waals surface area (Å²) in [7, 11) is 0. The Morgan fingerprint density at radius 2 is 1.75 bits per heavy atom. The van der Waals surface area contributed by atoms with Crippen molar-refractivity contribution in [2.75, 3.05) is 26.3 Å². The predicted octanol–water partition coefficient (Wildman–Crippen LogP) is 2.22. The minimum absolute atomic E-state index is 0.137. The molecule has 8 heteroatoms. The van der Waals surface area contributed by atoms with Gasteiger partial charge in [0.25, 0.3) is 0 Å². The maximum absolute atomic E-state index is 14.2. The minimum atomic E-state index is -1.25. The van der Waals surface area contributed by atoms with Crippen molar-refractivity contribution in [1.82, 2.24) is 9.80 Å². The summed E-state index contributed by atoms with van der Waals surface area (Å²) < 4.78 is 12.1. The largest absolute Gasteiger partial charge is 0.461 e. The Balaban J connectivity index is 1.51. The summed E-state index contributed by atoms with van der Waals surface area (Å²) in [5.74, 6) is -2.54. The summed E-state index contributed by atoms with van der Waals surface area (Å²) in [6, 6.07) is 8.91. The molecular formula is C28H34N2O6. The molecule has 4 aliphatic rings. The predicted molar refractivity (Wildman–Crippen MR) is 131 cm³/mol. The molecule has 0 radical (unpaired) electrons. The monoisotopic (exact) mass is 494 g/mol. The van der Waals surface area contributed by atoms with Gasteiger partial charge in [-0.25, -0.2) is 0 Å². The summed E-state index contributed by atoms with van der Waals surface area (Å²) in [5.41, 5.74) is -1.29. The molecule has 0 aromatic heterocycles. The molecule has 1 spiro atoms. The molecule has 1 aromatic rings. The highest BCUT2D eigenvalue weighted by molar-refractivity contribution is 5.99. The summed E-state index contributed by atoms with van der Waals surface area (Å²) in [6.07, 6.45) is 10.4. The van der Waals surface area contributed by atoms with Gasteiger partial charge in [-0.05, 0) is 31.4 Å². The van der Waals surface area contributed by atoms with Crippen molar-refractivity contribution < 1.29 is 29.0 Å². The molecule has 0 bridgehead atoms. The fourth-order valence-corrected chi connectivity index (χ4v) is 6.34. The van der Waals surface area contributed by atoms with Crippen LogP contribution in [0.15, 0.2) is 54.6 Å². The van der Waals surface area contributed by atoms with Crippen LogP contribution >= 0.6 is 0 Å². The molecule has 192 valence electrons. The lowest BCUT2D eigenvalue weighted by Crippen LogP contribution is -2.55. The molecule has 0 aliphatic carbocycles. The maximum atomic E-state index is 14.2. The second-order valence-corrected chi connectivity index (χ2v) is 10.3. The molecule has 8 nitrogen and oxygen atoms in total. The highest BCUT2D eigenvalue weighted by Crippen LogP contribution is 2.57. The normalized spacial score (nSPS) is 33.2. The van der Waals surface area contributed by atoms with Crippen molar-refractivity contribution in [3.63, 3.8) is 0 Å². The van der Waals surface area contributed by atoms with Crippen molar-refractivity contribution in [1.29, 1.82) is 0 Å². The molecule has 2 fully saturated rings. The zero-order valence-corrected chi connectivity index (χ0v) is 20.7. The Bertz CT molecular complexity index is 1070. The molecule has 36 heavy (non-hydrogen) atoms. The number of cyclic esters (lactones) is 1. The van der Waals surface area contributed by atoms with Crippen LogP contribution in [0.4, 0.5) is 0 Å². The third-order valence-corrected chi connectivity index (χ3v) is 7.92. The first-order valence-corrected chi connectivity index (χ1v) is 12.9. The number of unbranched alkanes of at least 4 members (excludes halogenated alkanes) is 3. The van der Waals surface area contributed by atoms with Crippen LogP contribution < -0.4 is 0 Å². The number of aliphatic hydroxyl groups excluding tert-OH is 1. The summed E-state index contributed by atoms with van der Waals surface area (Å²) in [6.45, 7) is 3.29. The Kier molecular flexibility index (Phi) is 6.74. The van der Waals surface area contributed by atoms with Gasteiger partial charge in [-0.2, -0.15) is 0 Å². The lowest BCUT2D eigenvalue weighted by atomic mass is 9.75. The average molecular weight is 495 g/mol. The number of hydrogen-bond donors (Lipinski definition) is 1. The number of amides is 2. The standard InChI is InChI=1S/C28H34N2O6/c1-27-13-10-18-35-26(34)22(27)21-24(32)30(16-7-2-3-8-17-31)23-25(33)29(15-9-14-28(21,23)36-27)19-20-11-5-4-6-12-20/h4-6,9-14,21-23,31H,2-3,7-8,15-19H2,1H3/t21-,22-,23?,27+,28-/m0/s1. The van der Waals surface area contributed by atoms with Gasteiger partial charge in [0, 0.05) is 26.2 Å². The number of aliphatic hydroxyl groups is 1. The molecule has 4 aliphatic heterocycles. The van der Waals surface area contributed by atoms with Crippen LogP contribution in [0.25, 0.3) is 0 Å². The Labute approximate surface area is 211 Å². The van der Waals surface area contributed by atoms with Crippen LogP contribution in [0.2, 0.25) is 0 Å². The minimum Gasteiger partial charge on any atom is -0.461 e. The van der Waals surface area contributed by atoms with Crippen molar-refractivity contribution in [3.8, 4) is 0 Å². The van der Waals surface area contributed by atoms with Crippen LogP contribution in [0.3, 0.4) is 0 Å². The molecule has 2 saturated heterocycles. The highest BCUT2D eigenvalue weighted by atomic mass is 16.6. The van der Waals surface area contributed by atoms with Crippen LogP contribution in [0.5, 0.6) is 0 Å². The van der Waals surface area contributed by atoms with Crippen LogP contribution in [-0.2, 0) is 30.4 Å². The van der Waals surface area contributed by atoms with Gasteiger partial charge in [-0.1, -0.05) is 61.4 Å². The van der Waals surface area contributed by atoms with E-state index in [4.69, 9.17) is 14.6 Å². The second kappa shape index (κ2) is 9.82. The fourth-order valence-electron chi connectivity index (χ4n) is 6.34. The van der Waals surface area contributed by atoms with Gasteiger partial charge in [0.2, 0.25) is 11.8 Å². The molecule has 0 saturated carbocycles. The van der Waals surface area contributed by atoms with Crippen molar-refractivity contribution in [2.45, 2.75) is 56.4 Å². The average Bonchev–Trinajstić information content (AvgIpc) is 3.12. The number of likely N-dealkylation sites (tertiary alicyclic amines) is 1. The SMILES string of the molecule is C[C@@]12C=CCOC(=O)[C@@H]1[C@H]1C(=O)N(CCCCCCO)C3C(=O)N(Cc4ccccc4)CC=C[C@@]31O2. The lowest BCUT2D eigenvalue weighted by molar-refractivity contribution is -0.158. The van der Waals surface area contributed by atoms with Gasteiger partial charge in [-0.15, -0.1) is 0 Å². The smallest absolute Gasteiger partial charge is 0.313 e. The zero-order chi connectivity index (χ0) is 25.3. The first-order valence-electron chi connectivity index (χ1n) is 12.9. The zero-order valence-electron chi connectivity index (χ0n) is 20.7. The van der Waals surface area contributed by atoms with Crippen LogP contribution in [0.1, 0.15) is 38.2 Å². The number of esters is 1. The number of fused-ring (bicyclic) bond motifs is 2. The van der Waals surface area contributed by atoms with Gasteiger partial charge in [0.1, 0.15) is 24.2 Å². The number of ether oxygens (including phenoxy) is 2. The lowest BCUT2D eigenvalue weighted by Gasteiger charge is -2.37. The van der Waals surface area contributed by atoms with E-state index in [-0.39, 0.29) is 25.0 Å². The summed E-state index contributed by atoms with van der Waals surface area (Å²) >= 11 is 0. The topological polar surface area (TPSA) is 96.4 Å². The van der Waals surface area contributed by atoms with Crippen LogP contribution in [0, 0.1) is 11.8 Å². The molecule has 1 unspecified atom stereocenters. The van der Waals surface area contributed by atoms with Gasteiger partial charge in [0.05, 0.1) is 11.5 Å². The first-order chi connectivity index (χ1) is 17.4. The van der Waals surface area contributed by atoms with Gasteiger partial charge < -0.3 is 24.4 Å². The maximum Gasteiger partial charge on any atom is 0.313 e. The third kappa shape index (κ3) is 4.06. The van der Waals surface area contributed by atoms with E-state index in [0.717, 1.165) is 18.4 Å². The Morgan fingerprint density at radius 1 is 0.972 bits per heavy atom. The number of rotatable bonds is 8. The first kappa shape index (κ1) is 24.7. The second-order valence-electron chi connectivity index (χ2n) is 10.3. The summed E-state index contributed by atoms with van der Waals surface area (Å²) in [5, 5.41) is 9.09. The van der Waals surface area contributed by atoms with E-state index in [0.29, 0.717) is 32.5 Å². The Morgan fingerprint density at radius 3 is 2.53 bits per heavy atom. The van der Waals surface area contributed by atoms with Gasteiger partial charge in [-0.3, -0.25) is 14.4 Å². The van der Waals surface area contributed by atoms with Crippen molar-refractivity contribution in [2.24, 2.45) is 11.8 Å². The third-order valence-electron chi connectivity index (χ3n) is 7.92.